The Balaban J connectivity index is 2.13. The van der Waals surface area contributed by atoms with Gasteiger partial charge in [-0.05, 0) is 18.2 Å². The van der Waals surface area contributed by atoms with Crippen LogP contribution in [0.1, 0.15) is 5.56 Å². The van der Waals surface area contributed by atoms with E-state index in [1.807, 2.05) is 18.2 Å². The van der Waals surface area contributed by atoms with E-state index < -0.39 is 0 Å². The van der Waals surface area contributed by atoms with Crippen molar-refractivity contribution in [3.8, 4) is 5.75 Å². The number of ether oxygens (including phenoxy) is 1. The highest BCUT2D eigenvalue weighted by molar-refractivity contribution is 9.10. The fraction of sp³-hybridized carbons (Fsp3) is 0.100. The lowest BCUT2D eigenvalue weighted by Crippen LogP contribution is -2.10. The number of nitrogen functional groups attached to an aromatic ring is 1. The molecule has 0 aliphatic carbocycles. The third-order valence-electron chi connectivity index (χ3n) is 2.13. The first-order chi connectivity index (χ1) is 8.70. The second-order valence-electron chi connectivity index (χ2n) is 3.32. The molecule has 1 aromatic heterocycles. The summed E-state index contributed by atoms with van der Waals surface area (Å²) in [4.78, 5) is 0. The number of rotatable bonds is 4. The van der Waals surface area contributed by atoms with Gasteiger partial charge < -0.3 is 10.6 Å². The van der Waals surface area contributed by atoms with E-state index in [-0.39, 0.29) is 0 Å². The summed E-state index contributed by atoms with van der Waals surface area (Å²) in [5, 5.41) is 11.4. The van der Waals surface area contributed by atoms with Gasteiger partial charge in [-0.3, -0.25) is 0 Å². The number of benzene rings is 1. The largest absolute Gasteiger partial charge is 0.496 e. The van der Waals surface area contributed by atoms with Crippen LogP contribution in [0.4, 0.5) is 5.95 Å². The molecule has 0 spiro atoms. The molecule has 0 amide bonds. The fourth-order valence-corrected chi connectivity index (χ4v) is 1.67. The van der Waals surface area contributed by atoms with Gasteiger partial charge in [-0.1, -0.05) is 15.9 Å². The summed E-state index contributed by atoms with van der Waals surface area (Å²) in [6.45, 7) is 0. The third kappa shape index (κ3) is 2.77. The van der Waals surface area contributed by atoms with Gasteiger partial charge in [-0.2, -0.15) is 5.10 Å². The second kappa shape index (κ2) is 5.50. The number of anilines is 1. The van der Waals surface area contributed by atoms with Crippen LogP contribution in [-0.2, 0) is 0 Å². The van der Waals surface area contributed by atoms with E-state index >= 15 is 0 Å². The van der Waals surface area contributed by atoms with Crippen molar-refractivity contribution in [2.75, 3.05) is 18.4 Å². The van der Waals surface area contributed by atoms with Crippen LogP contribution < -0.4 is 16.0 Å². The molecule has 18 heavy (non-hydrogen) atoms. The quantitative estimate of drug-likeness (QED) is 0.503. The van der Waals surface area contributed by atoms with E-state index in [1.165, 1.54) is 11.0 Å². The van der Waals surface area contributed by atoms with Crippen LogP contribution in [0.2, 0.25) is 0 Å². The van der Waals surface area contributed by atoms with Crippen LogP contribution >= 0.6 is 15.9 Å². The number of aromatic nitrogens is 3. The second-order valence-corrected chi connectivity index (χ2v) is 4.23. The maximum atomic E-state index is 5.52. The van der Waals surface area contributed by atoms with E-state index in [0.29, 0.717) is 5.95 Å². The highest BCUT2D eigenvalue weighted by Crippen LogP contribution is 2.21. The van der Waals surface area contributed by atoms with Crippen molar-refractivity contribution in [2.45, 2.75) is 0 Å². The minimum Gasteiger partial charge on any atom is -0.496 e. The molecule has 0 atom stereocenters. The van der Waals surface area contributed by atoms with Crippen LogP contribution in [0.15, 0.2) is 34.1 Å². The number of hydrogen-bond donors (Lipinski definition) is 2. The first kappa shape index (κ1) is 12.4. The van der Waals surface area contributed by atoms with Gasteiger partial charge in [0.2, 0.25) is 0 Å². The average molecular weight is 311 g/mol. The molecule has 0 radical (unpaired) electrons. The van der Waals surface area contributed by atoms with E-state index in [1.54, 1.807) is 13.3 Å². The van der Waals surface area contributed by atoms with Crippen molar-refractivity contribution in [2.24, 2.45) is 5.10 Å². The van der Waals surface area contributed by atoms with Gasteiger partial charge in [0.15, 0.2) is 0 Å². The standard InChI is InChI=1S/C10H11BrN6O/c1-18-9-3-2-8(11)4-7(9)5-13-15-10-16-14-6-17(10)12/h2-6H,12H2,1H3,(H,15,16)/b13-5-. The smallest absolute Gasteiger partial charge is 0.263 e. The van der Waals surface area contributed by atoms with Gasteiger partial charge in [0.05, 0.1) is 13.3 Å². The number of hydrazone groups is 1. The van der Waals surface area contributed by atoms with Crippen molar-refractivity contribution >= 4 is 28.1 Å². The molecule has 0 saturated heterocycles. The van der Waals surface area contributed by atoms with E-state index in [9.17, 15) is 0 Å². The topological polar surface area (TPSA) is 90.3 Å². The van der Waals surface area contributed by atoms with Gasteiger partial charge >= 0.3 is 0 Å². The number of halogens is 1. The monoisotopic (exact) mass is 310 g/mol. The van der Waals surface area contributed by atoms with Crippen molar-refractivity contribution in [1.82, 2.24) is 14.9 Å². The Labute approximate surface area is 112 Å². The predicted molar refractivity (Wildman–Crippen MR) is 72.1 cm³/mol. The number of nitrogens with two attached hydrogens (primary N) is 1. The first-order valence-electron chi connectivity index (χ1n) is 4.98. The summed E-state index contributed by atoms with van der Waals surface area (Å²) < 4.78 is 7.38. The number of hydrogen-bond acceptors (Lipinski definition) is 6. The van der Waals surface area contributed by atoms with Crippen LogP contribution in [0.25, 0.3) is 0 Å². The molecule has 3 N–H and O–H groups in total. The molecule has 1 heterocycles. The molecule has 0 unspecified atom stereocenters. The highest BCUT2D eigenvalue weighted by atomic mass is 79.9. The Morgan fingerprint density at radius 3 is 3.06 bits per heavy atom. The Morgan fingerprint density at radius 1 is 1.56 bits per heavy atom. The Bertz CT molecular complexity index is 567. The highest BCUT2D eigenvalue weighted by Gasteiger charge is 2.01. The van der Waals surface area contributed by atoms with Gasteiger partial charge in [0, 0.05) is 10.0 Å². The molecule has 94 valence electrons. The molecule has 8 heteroatoms. The molecule has 0 aliphatic rings. The van der Waals surface area contributed by atoms with Gasteiger partial charge in [-0.15, -0.1) is 10.2 Å². The van der Waals surface area contributed by atoms with Crippen LogP contribution in [-0.4, -0.2) is 28.2 Å². The van der Waals surface area contributed by atoms with E-state index in [0.717, 1.165) is 15.8 Å². The summed E-state index contributed by atoms with van der Waals surface area (Å²) in [6.07, 6.45) is 2.98. The van der Waals surface area contributed by atoms with E-state index in [4.69, 9.17) is 10.6 Å². The zero-order valence-corrected chi connectivity index (χ0v) is 11.1. The lowest BCUT2D eigenvalue weighted by Gasteiger charge is -2.04. The molecule has 0 aliphatic heterocycles. The van der Waals surface area contributed by atoms with Gasteiger partial charge in [0.25, 0.3) is 5.95 Å². The molecule has 1 aromatic carbocycles. The Hall–Kier alpha value is -2.09. The fourth-order valence-electron chi connectivity index (χ4n) is 1.29. The summed E-state index contributed by atoms with van der Waals surface area (Å²) >= 11 is 3.38. The SMILES string of the molecule is COc1ccc(Br)cc1/C=N\Nc1nncn1N. The van der Waals surface area contributed by atoms with Crippen molar-refractivity contribution in [3.63, 3.8) is 0 Å². The summed E-state index contributed by atoms with van der Waals surface area (Å²) in [7, 11) is 1.60. The average Bonchev–Trinajstić information content (AvgIpc) is 2.76. The molecular weight excluding hydrogens is 300 g/mol. The number of methoxy groups -OCH3 is 1. The lowest BCUT2D eigenvalue weighted by atomic mass is 10.2. The minimum atomic E-state index is 0.347. The number of nitrogens with zero attached hydrogens (tertiary/aromatic N) is 4. The normalized spacial score (nSPS) is 10.8. The van der Waals surface area contributed by atoms with Gasteiger partial charge in [0.1, 0.15) is 12.1 Å². The van der Waals surface area contributed by atoms with E-state index in [2.05, 4.69) is 36.7 Å². The predicted octanol–water partition coefficient (Wildman–Crippen LogP) is 1.21. The first-order valence-corrected chi connectivity index (χ1v) is 5.77. The maximum absolute atomic E-state index is 5.52. The van der Waals surface area contributed by atoms with Crippen molar-refractivity contribution in [3.05, 3.63) is 34.6 Å². The summed E-state index contributed by atoms with van der Waals surface area (Å²) in [5.41, 5.74) is 3.50. The van der Waals surface area contributed by atoms with Crippen LogP contribution in [0.5, 0.6) is 5.75 Å². The molecular formula is C10H11BrN6O. The molecule has 0 saturated carbocycles. The van der Waals surface area contributed by atoms with Crippen LogP contribution in [0, 0.1) is 0 Å². The molecule has 7 nitrogen and oxygen atoms in total. The zero-order chi connectivity index (χ0) is 13.0. The molecule has 2 rings (SSSR count). The Kier molecular flexibility index (Phi) is 3.78. The molecule has 2 aromatic rings. The number of nitrogens with one attached hydrogen (secondary N) is 1. The van der Waals surface area contributed by atoms with Gasteiger partial charge in [-0.25, -0.2) is 10.1 Å². The maximum Gasteiger partial charge on any atom is 0.263 e. The molecule has 0 bridgehead atoms. The van der Waals surface area contributed by atoms with Crippen molar-refractivity contribution < 1.29 is 4.74 Å². The zero-order valence-electron chi connectivity index (χ0n) is 9.54. The lowest BCUT2D eigenvalue weighted by molar-refractivity contribution is 0.414. The van der Waals surface area contributed by atoms with Crippen LogP contribution in [0.3, 0.4) is 0 Å². The molecule has 0 fully saturated rings. The summed E-state index contributed by atoms with van der Waals surface area (Å²) in [6, 6.07) is 5.62. The summed E-state index contributed by atoms with van der Waals surface area (Å²) in [5.74, 6) is 6.59. The van der Waals surface area contributed by atoms with Crippen molar-refractivity contribution in [1.29, 1.82) is 0 Å². The minimum absolute atomic E-state index is 0.347. The Morgan fingerprint density at radius 2 is 2.39 bits per heavy atom. The third-order valence-corrected chi connectivity index (χ3v) is 2.63.